The summed E-state index contributed by atoms with van der Waals surface area (Å²) in [4.78, 5) is 10.9. The average molecular weight is 249 g/mol. The van der Waals surface area contributed by atoms with Gasteiger partial charge in [-0.3, -0.25) is 15.6 Å². The number of nitrogens with one attached hydrogen (secondary N) is 2. The predicted octanol–water partition coefficient (Wildman–Crippen LogP) is -1.10. The maximum Gasteiger partial charge on any atom is 0.238 e. The van der Waals surface area contributed by atoms with E-state index in [2.05, 4.69) is 17.6 Å². The van der Waals surface area contributed by atoms with Gasteiger partial charge in [0.05, 0.1) is 0 Å². The molecule has 0 unspecified atom stereocenters. The van der Waals surface area contributed by atoms with Crippen LogP contribution in [-0.4, -0.2) is 31.4 Å². The number of hydrogen-bond donors (Lipinski definition) is 4. The Kier molecular flexibility index (Phi) is 3.24. The molecule has 0 spiro atoms. The maximum atomic E-state index is 10.9. The molecule has 6 nitrogen and oxygen atoms in total. The van der Waals surface area contributed by atoms with Crippen molar-refractivity contribution in [3.63, 3.8) is 0 Å². The van der Waals surface area contributed by atoms with Crippen molar-refractivity contribution in [1.82, 2.24) is 10.4 Å². The van der Waals surface area contributed by atoms with E-state index in [0.29, 0.717) is 4.32 Å². The first-order chi connectivity index (χ1) is 6.43. The second-order valence-corrected chi connectivity index (χ2v) is 4.54. The third-order valence-electron chi connectivity index (χ3n) is 1.37. The summed E-state index contributed by atoms with van der Waals surface area (Å²) >= 11 is 10.5. The Balaban J connectivity index is 2.80. The molecule has 1 amide bonds. The number of hydrazine groups is 1. The highest BCUT2D eigenvalue weighted by molar-refractivity contribution is 8.24. The SMILES string of the molecule is N=C1[C@H](C(N)=O)SC(=S)N1NC(N)=S. The standard InChI is InChI=1S/C5H7N5OS3/c6-2-1(3(7)11)14-5(13)10(2)9-4(8)12/h1,6H,(H2,7,11)(H3,8,9,12)/t1-/m1/s1. The van der Waals surface area contributed by atoms with E-state index in [4.69, 9.17) is 29.1 Å². The van der Waals surface area contributed by atoms with Crippen LogP contribution in [0.5, 0.6) is 0 Å². The van der Waals surface area contributed by atoms with Crippen LogP contribution in [0, 0.1) is 5.41 Å². The first kappa shape index (κ1) is 11.1. The smallest absolute Gasteiger partial charge is 0.238 e. The molecule has 0 aromatic carbocycles. The van der Waals surface area contributed by atoms with Crippen molar-refractivity contribution in [3.05, 3.63) is 0 Å². The number of amides is 1. The molecular weight excluding hydrogens is 242 g/mol. The quantitative estimate of drug-likeness (QED) is 0.460. The zero-order valence-electron chi connectivity index (χ0n) is 6.81. The fourth-order valence-electron chi connectivity index (χ4n) is 0.834. The van der Waals surface area contributed by atoms with Gasteiger partial charge in [-0.05, 0) is 12.2 Å². The van der Waals surface area contributed by atoms with E-state index >= 15 is 0 Å². The maximum absolute atomic E-state index is 10.9. The van der Waals surface area contributed by atoms with Crippen molar-refractivity contribution in [2.75, 3.05) is 0 Å². The molecule has 0 aromatic heterocycles. The molecule has 76 valence electrons. The molecule has 0 aliphatic carbocycles. The number of thioether (sulfide) groups is 1. The van der Waals surface area contributed by atoms with E-state index in [1.54, 1.807) is 0 Å². The molecular formula is C5H7N5OS3. The Labute approximate surface area is 94.8 Å². The Morgan fingerprint density at radius 3 is 2.57 bits per heavy atom. The normalized spacial score (nSPS) is 21.1. The molecule has 1 heterocycles. The second kappa shape index (κ2) is 4.07. The van der Waals surface area contributed by atoms with Crippen molar-refractivity contribution >= 4 is 57.4 Å². The summed E-state index contributed by atoms with van der Waals surface area (Å²) in [6.07, 6.45) is 0. The second-order valence-electron chi connectivity index (χ2n) is 2.36. The molecule has 1 rings (SSSR count). The van der Waals surface area contributed by atoms with Crippen LogP contribution >= 0.6 is 36.2 Å². The van der Waals surface area contributed by atoms with Crippen molar-refractivity contribution in [2.45, 2.75) is 5.25 Å². The summed E-state index contributed by atoms with van der Waals surface area (Å²) in [7, 11) is 0. The van der Waals surface area contributed by atoms with Crippen LogP contribution in [0.25, 0.3) is 0 Å². The van der Waals surface area contributed by atoms with E-state index in [1.165, 1.54) is 0 Å². The molecule has 1 fully saturated rings. The third-order valence-corrected chi connectivity index (χ3v) is 3.01. The lowest BCUT2D eigenvalue weighted by atomic mass is 10.3. The lowest BCUT2D eigenvalue weighted by Crippen LogP contribution is -2.49. The van der Waals surface area contributed by atoms with Gasteiger partial charge >= 0.3 is 0 Å². The van der Waals surface area contributed by atoms with Crippen LogP contribution in [0.15, 0.2) is 0 Å². The fourth-order valence-corrected chi connectivity index (χ4v) is 2.14. The molecule has 1 aliphatic rings. The fraction of sp³-hybridized carbons (Fsp3) is 0.200. The van der Waals surface area contributed by atoms with Gasteiger partial charge in [0.25, 0.3) is 0 Å². The van der Waals surface area contributed by atoms with Gasteiger partial charge in [-0.25, -0.2) is 5.01 Å². The monoisotopic (exact) mass is 249 g/mol. The molecule has 1 saturated heterocycles. The molecule has 0 saturated carbocycles. The van der Waals surface area contributed by atoms with E-state index in [0.717, 1.165) is 16.8 Å². The molecule has 9 heteroatoms. The van der Waals surface area contributed by atoms with Gasteiger partial charge in [0, 0.05) is 0 Å². The van der Waals surface area contributed by atoms with Crippen molar-refractivity contribution in [1.29, 1.82) is 5.41 Å². The van der Waals surface area contributed by atoms with E-state index < -0.39 is 11.2 Å². The number of nitrogens with two attached hydrogens (primary N) is 2. The highest BCUT2D eigenvalue weighted by Crippen LogP contribution is 2.25. The molecule has 0 radical (unpaired) electrons. The zero-order chi connectivity index (χ0) is 10.9. The number of carbonyl (C=O) groups is 1. The van der Waals surface area contributed by atoms with Gasteiger partial charge in [-0.1, -0.05) is 24.0 Å². The number of hydrogen-bond acceptors (Lipinski definition) is 5. The van der Waals surface area contributed by atoms with Gasteiger partial charge in [-0.15, -0.1) is 0 Å². The van der Waals surface area contributed by atoms with Gasteiger partial charge < -0.3 is 11.5 Å². The Bertz CT molecular complexity index is 329. The lowest BCUT2D eigenvalue weighted by Gasteiger charge is -2.17. The van der Waals surface area contributed by atoms with Gasteiger partial charge in [-0.2, -0.15) is 0 Å². The molecule has 6 N–H and O–H groups in total. The predicted molar refractivity (Wildman–Crippen MR) is 62.7 cm³/mol. The van der Waals surface area contributed by atoms with Crippen LogP contribution < -0.4 is 16.9 Å². The summed E-state index contributed by atoms with van der Waals surface area (Å²) < 4.78 is 0.298. The van der Waals surface area contributed by atoms with Crippen LogP contribution in [-0.2, 0) is 4.79 Å². The Morgan fingerprint density at radius 1 is 1.64 bits per heavy atom. The minimum absolute atomic E-state index is 0.0252. The Hall–Kier alpha value is -0.930. The average Bonchev–Trinajstić information content (AvgIpc) is 2.31. The number of carbonyl (C=O) groups excluding carboxylic acids is 1. The lowest BCUT2D eigenvalue weighted by molar-refractivity contribution is -0.116. The first-order valence-electron chi connectivity index (χ1n) is 3.38. The van der Waals surface area contributed by atoms with Crippen molar-refractivity contribution in [2.24, 2.45) is 11.5 Å². The molecule has 1 aliphatic heterocycles. The van der Waals surface area contributed by atoms with E-state index in [1.807, 2.05) is 0 Å². The summed E-state index contributed by atoms with van der Waals surface area (Å²) in [6, 6.07) is 0. The summed E-state index contributed by atoms with van der Waals surface area (Å²) in [6.45, 7) is 0. The zero-order valence-corrected chi connectivity index (χ0v) is 9.26. The highest BCUT2D eigenvalue weighted by Gasteiger charge is 2.37. The Morgan fingerprint density at radius 2 is 2.21 bits per heavy atom. The summed E-state index contributed by atoms with van der Waals surface area (Å²) in [5, 5.41) is 7.92. The largest absolute Gasteiger partial charge is 0.375 e. The molecule has 0 bridgehead atoms. The highest BCUT2D eigenvalue weighted by atomic mass is 32.2. The van der Waals surface area contributed by atoms with Crippen LogP contribution in [0.1, 0.15) is 0 Å². The van der Waals surface area contributed by atoms with Gasteiger partial charge in [0.1, 0.15) is 11.1 Å². The number of amidine groups is 1. The van der Waals surface area contributed by atoms with Gasteiger partial charge in [0.15, 0.2) is 9.43 Å². The number of thiocarbonyl (C=S) groups is 2. The summed E-state index contributed by atoms with van der Waals surface area (Å²) in [5.41, 5.74) is 12.8. The number of nitrogens with zero attached hydrogens (tertiary/aromatic N) is 1. The molecule has 0 aromatic rings. The van der Waals surface area contributed by atoms with Gasteiger partial charge in [0.2, 0.25) is 5.91 Å². The van der Waals surface area contributed by atoms with Crippen molar-refractivity contribution < 1.29 is 4.79 Å². The summed E-state index contributed by atoms with van der Waals surface area (Å²) in [5.74, 6) is -0.671. The minimum atomic E-state index is -0.774. The van der Waals surface area contributed by atoms with Crippen molar-refractivity contribution in [3.8, 4) is 0 Å². The van der Waals surface area contributed by atoms with Crippen LogP contribution in [0.3, 0.4) is 0 Å². The van der Waals surface area contributed by atoms with E-state index in [9.17, 15) is 4.79 Å². The minimum Gasteiger partial charge on any atom is -0.375 e. The number of primary amides is 1. The third kappa shape index (κ3) is 2.11. The molecule has 14 heavy (non-hydrogen) atoms. The topological polar surface area (TPSA) is 108 Å². The number of rotatable bonds is 2. The van der Waals surface area contributed by atoms with Crippen LogP contribution in [0.4, 0.5) is 0 Å². The van der Waals surface area contributed by atoms with E-state index in [-0.39, 0.29) is 10.9 Å². The molecule has 1 atom stereocenters. The van der Waals surface area contributed by atoms with Crippen LogP contribution in [0.2, 0.25) is 0 Å². The first-order valence-corrected chi connectivity index (χ1v) is 5.07.